The Morgan fingerprint density at radius 1 is 1.20 bits per heavy atom. The van der Waals surface area contributed by atoms with Crippen LogP contribution in [0.2, 0.25) is 0 Å². The third kappa shape index (κ3) is 4.23. The highest BCUT2D eigenvalue weighted by atomic mass is 32.2. The van der Waals surface area contributed by atoms with E-state index in [2.05, 4.69) is 10.0 Å². The Hall–Kier alpha value is -1.40. The largest absolute Gasteiger partial charge is 0.326 e. The maximum Gasteiger partial charge on any atom is 0.240 e. The van der Waals surface area contributed by atoms with Crippen molar-refractivity contribution in [3.63, 3.8) is 0 Å². The highest BCUT2D eigenvalue weighted by Gasteiger charge is 2.42. The third-order valence-electron chi connectivity index (χ3n) is 5.70. The smallest absolute Gasteiger partial charge is 0.240 e. The van der Waals surface area contributed by atoms with Gasteiger partial charge in [0.25, 0.3) is 0 Å². The Morgan fingerprint density at radius 3 is 2.48 bits per heavy atom. The van der Waals surface area contributed by atoms with Crippen LogP contribution < -0.4 is 10.0 Å². The molecule has 1 aromatic rings. The molecule has 1 amide bonds. The Bertz CT molecular complexity index is 715. The molecule has 2 bridgehead atoms. The normalized spacial score (nSPS) is 26.6. The topological polar surface area (TPSA) is 75.3 Å². The van der Waals surface area contributed by atoms with Crippen molar-refractivity contribution in [2.45, 2.75) is 63.3 Å². The van der Waals surface area contributed by atoms with Crippen LogP contribution in [0, 0.1) is 17.8 Å². The summed E-state index contributed by atoms with van der Waals surface area (Å²) in [6, 6.07) is 6.35. The van der Waals surface area contributed by atoms with Gasteiger partial charge >= 0.3 is 0 Å². The number of rotatable bonds is 7. The van der Waals surface area contributed by atoms with Gasteiger partial charge in [0.05, 0.1) is 4.90 Å². The fraction of sp³-hybridized carbons (Fsp3) is 0.632. The zero-order valence-electron chi connectivity index (χ0n) is 15.0. The van der Waals surface area contributed by atoms with Crippen molar-refractivity contribution >= 4 is 21.6 Å². The van der Waals surface area contributed by atoms with Crippen molar-refractivity contribution in [3.8, 4) is 0 Å². The average Bonchev–Trinajstić information content (AvgIpc) is 3.18. The zero-order valence-corrected chi connectivity index (χ0v) is 15.8. The maximum absolute atomic E-state index is 12.6. The summed E-state index contributed by atoms with van der Waals surface area (Å²) in [6.07, 6.45) is 6.21. The molecular weight excluding hydrogens is 336 g/mol. The van der Waals surface area contributed by atoms with E-state index in [-0.39, 0.29) is 16.8 Å². The zero-order chi connectivity index (χ0) is 18.0. The minimum atomic E-state index is -3.53. The summed E-state index contributed by atoms with van der Waals surface area (Å²) >= 11 is 0. The number of hydrogen-bond acceptors (Lipinski definition) is 3. The van der Waals surface area contributed by atoms with E-state index in [0.29, 0.717) is 23.9 Å². The number of carbonyl (C=O) groups excluding carboxylic acids is 1. The second-order valence-electron chi connectivity index (χ2n) is 7.57. The van der Waals surface area contributed by atoms with Gasteiger partial charge in [-0.2, -0.15) is 0 Å². The first kappa shape index (κ1) is 18.4. The molecule has 4 unspecified atom stereocenters. The van der Waals surface area contributed by atoms with Crippen LogP contribution in [0.25, 0.3) is 0 Å². The summed E-state index contributed by atoms with van der Waals surface area (Å²) in [4.78, 5) is 11.9. The second kappa shape index (κ2) is 7.46. The summed E-state index contributed by atoms with van der Waals surface area (Å²) in [5.74, 6) is 1.88. The Balaban J connectivity index is 1.62. The van der Waals surface area contributed by atoms with E-state index in [4.69, 9.17) is 0 Å². The summed E-state index contributed by atoms with van der Waals surface area (Å²) in [6.45, 7) is 3.93. The SMILES string of the molecule is CCCC(=O)Nc1ccc(S(=O)(=O)NC(C)C2CC3CCC2C3)cc1. The molecule has 2 fully saturated rings. The molecule has 138 valence electrons. The van der Waals surface area contributed by atoms with E-state index in [1.165, 1.54) is 19.3 Å². The molecule has 2 N–H and O–H groups in total. The fourth-order valence-electron chi connectivity index (χ4n) is 4.47. The number of hydrogen-bond donors (Lipinski definition) is 2. The number of anilines is 1. The first-order valence-electron chi connectivity index (χ1n) is 9.31. The van der Waals surface area contributed by atoms with Gasteiger partial charge in [-0.1, -0.05) is 13.3 Å². The number of benzene rings is 1. The van der Waals surface area contributed by atoms with Crippen LogP contribution in [0.1, 0.15) is 52.4 Å². The minimum Gasteiger partial charge on any atom is -0.326 e. The van der Waals surface area contributed by atoms with Crippen LogP contribution >= 0.6 is 0 Å². The first-order valence-corrected chi connectivity index (χ1v) is 10.8. The van der Waals surface area contributed by atoms with Crippen molar-refractivity contribution < 1.29 is 13.2 Å². The van der Waals surface area contributed by atoms with E-state index in [0.717, 1.165) is 18.8 Å². The van der Waals surface area contributed by atoms with Gasteiger partial charge < -0.3 is 5.32 Å². The van der Waals surface area contributed by atoms with Crippen LogP contribution in [0.15, 0.2) is 29.2 Å². The number of fused-ring (bicyclic) bond motifs is 2. The van der Waals surface area contributed by atoms with E-state index in [9.17, 15) is 13.2 Å². The van der Waals surface area contributed by atoms with Crippen LogP contribution in [0.3, 0.4) is 0 Å². The summed E-state index contributed by atoms with van der Waals surface area (Å²) < 4.78 is 28.2. The standard InChI is InChI=1S/C19H28N2O3S/c1-3-4-19(22)20-16-7-9-17(10-8-16)25(23,24)21-13(2)18-12-14-5-6-15(18)11-14/h7-10,13-15,18,21H,3-6,11-12H2,1-2H3,(H,20,22). The molecule has 25 heavy (non-hydrogen) atoms. The van der Waals surface area contributed by atoms with Crippen molar-refractivity contribution in [2.75, 3.05) is 5.32 Å². The molecule has 0 radical (unpaired) electrons. The molecule has 1 aromatic carbocycles. The molecule has 0 aliphatic heterocycles. The van der Waals surface area contributed by atoms with Gasteiger partial charge in [0.15, 0.2) is 0 Å². The summed E-state index contributed by atoms with van der Waals surface area (Å²) in [5.41, 5.74) is 0.624. The predicted molar refractivity (Wildman–Crippen MR) is 98.7 cm³/mol. The van der Waals surface area contributed by atoms with E-state index >= 15 is 0 Å². The van der Waals surface area contributed by atoms with Gasteiger partial charge in [-0.05, 0) is 74.6 Å². The van der Waals surface area contributed by atoms with E-state index in [1.54, 1.807) is 24.3 Å². The van der Waals surface area contributed by atoms with Gasteiger partial charge in [0, 0.05) is 18.2 Å². The second-order valence-corrected chi connectivity index (χ2v) is 9.29. The predicted octanol–water partition coefficient (Wildman–Crippen LogP) is 3.53. The lowest BCUT2D eigenvalue weighted by atomic mass is 9.84. The molecule has 6 heteroatoms. The molecule has 4 atom stereocenters. The third-order valence-corrected chi connectivity index (χ3v) is 7.28. The Labute approximate surface area is 150 Å². The summed E-state index contributed by atoms with van der Waals surface area (Å²) in [5, 5.41) is 2.77. The van der Waals surface area contributed by atoms with Gasteiger partial charge in [-0.15, -0.1) is 0 Å². The first-order chi connectivity index (χ1) is 11.9. The molecule has 3 rings (SSSR count). The number of sulfonamides is 1. The van der Waals surface area contributed by atoms with Gasteiger partial charge in [-0.3, -0.25) is 4.79 Å². The van der Waals surface area contributed by atoms with Crippen LogP contribution in [-0.4, -0.2) is 20.4 Å². The number of carbonyl (C=O) groups is 1. The summed E-state index contributed by atoms with van der Waals surface area (Å²) in [7, 11) is -3.53. The molecular formula is C19H28N2O3S. The average molecular weight is 365 g/mol. The Morgan fingerprint density at radius 2 is 1.92 bits per heavy atom. The minimum absolute atomic E-state index is 0.0377. The number of amides is 1. The molecule has 2 saturated carbocycles. The quantitative estimate of drug-likeness (QED) is 0.777. The lowest BCUT2D eigenvalue weighted by Gasteiger charge is -2.28. The van der Waals surface area contributed by atoms with Crippen LogP contribution in [-0.2, 0) is 14.8 Å². The van der Waals surface area contributed by atoms with Crippen molar-refractivity contribution in [1.82, 2.24) is 4.72 Å². The molecule has 0 heterocycles. The van der Waals surface area contributed by atoms with E-state index in [1.807, 2.05) is 13.8 Å². The molecule has 2 aliphatic rings. The molecule has 0 saturated heterocycles. The Kier molecular flexibility index (Phi) is 5.49. The van der Waals surface area contributed by atoms with Gasteiger partial charge in [0.1, 0.15) is 0 Å². The van der Waals surface area contributed by atoms with Gasteiger partial charge in [0.2, 0.25) is 15.9 Å². The molecule has 0 aromatic heterocycles. The van der Waals surface area contributed by atoms with Crippen molar-refractivity contribution in [1.29, 1.82) is 0 Å². The van der Waals surface area contributed by atoms with Crippen molar-refractivity contribution in [2.24, 2.45) is 17.8 Å². The molecule has 5 nitrogen and oxygen atoms in total. The molecule has 2 aliphatic carbocycles. The van der Waals surface area contributed by atoms with Crippen molar-refractivity contribution in [3.05, 3.63) is 24.3 Å². The lowest BCUT2D eigenvalue weighted by molar-refractivity contribution is -0.116. The molecule has 0 spiro atoms. The fourth-order valence-corrected chi connectivity index (χ4v) is 5.77. The number of nitrogens with one attached hydrogen (secondary N) is 2. The highest BCUT2D eigenvalue weighted by Crippen LogP contribution is 2.49. The lowest BCUT2D eigenvalue weighted by Crippen LogP contribution is -2.40. The van der Waals surface area contributed by atoms with Gasteiger partial charge in [-0.25, -0.2) is 13.1 Å². The highest BCUT2D eigenvalue weighted by molar-refractivity contribution is 7.89. The van der Waals surface area contributed by atoms with Crippen LogP contribution in [0.5, 0.6) is 0 Å². The van der Waals surface area contributed by atoms with E-state index < -0.39 is 10.0 Å². The monoisotopic (exact) mass is 364 g/mol. The van der Waals surface area contributed by atoms with Crippen LogP contribution in [0.4, 0.5) is 5.69 Å². The maximum atomic E-state index is 12.6.